The van der Waals surface area contributed by atoms with Crippen molar-refractivity contribution in [3.63, 3.8) is 0 Å². The number of rotatable bonds is 6. The van der Waals surface area contributed by atoms with Gasteiger partial charge in [0, 0.05) is 11.5 Å². The van der Waals surface area contributed by atoms with Crippen LogP contribution < -0.4 is 0 Å². The lowest BCUT2D eigenvalue weighted by Crippen LogP contribution is -2.01. The number of hydrogen-bond acceptors (Lipinski definition) is 4. The van der Waals surface area contributed by atoms with Crippen molar-refractivity contribution in [3.8, 4) is 0 Å². The summed E-state index contributed by atoms with van der Waals surface area (Å²) in [5.74, 6) is 0.389. The van der Waals surface area contributed by atoms with Crippen LogP contribution in [0.1, 0.15) is 12.0 Å². The largest absolute Gasteiger partial charge is 0.481 e. The second-order valence-electron chi connectivity index (χ2n) is 3.15. The fourth-order valence-electron chi connectivity index (χ4n) is 1.08. The first-order valence-electron chi connectivity index (χ1n) is 4.62. The van der Waals surface area contributed by atoms with Gasteiger partial charge in [0.15, 0.2) is 0 Å². The molecule has 1 rings (SSSR count). The number of carbonyl (C=O) groups is 1. The molecule has 1 aromatic rings. The molecule has 0 atom stereocenters. The smallest absolute Gasteiger partial charge is 0.304 e. The highest BCUT2D eigenvalue weighted by Crippen LogP contribution is 2.20. The van der Waals surface area contributed by atoms with Crippen LogP contribution in [-0.4, -0.2) is 16.8 Å². The molecule has 0 bridgehead atoms. The van der Waals surface area contributed by atoms with Crippen LogP contribution in [0.25, 0.3) is 0 Å². The van der Waals surface area contributed by atoms with E-state index in [1.165, 1.54) is 10.8 Å². The topological polar surface area (TPSA) is 37.3 Å². The molecule has 6 heteroatoms. The van der Waals surface area contributed by atoms with Crippen LogP contribution in [0.5, 0.6) is 0 Å². The normalized spacial score (nSPS) is 11.2. The summed E-state index contributed by atoms with van der Waals surface area (Å²) in [5, 5.41) is 8.53. The van der Waals surface area contributed by atoms with Gasteiger partial charge in [0.25, 0.3) is 0 Å². The van der Waals surface area contributed by atoms with E-state index >= 15 is 0 Å². The molecule has 0 amide bonds. The van der Waals surface area contributed by atoms with E-state index in [0.717, 1.165) is 5.56 Å². The summed E-state index contributed by atoms with van der Waals surface area (Å²) >= 11 is 10.7. The maximum Gasteiger partial charge on any atom is 0.304 e. The number of benzene rings is 1. The van der Waals surface area contributed by atoms with Gasteiger partial charge in [0.1, 0.15) is 0 Å². The highest BCUT2D eigenvalue weighted by molar-refractivity contribution is 8.97. The Morgan fingerprint density at radius 1 is 1.31 bits per heavy atom. The Morgan fingerprint density at radius 3 is 2.50 bits per heavy atom. The molecule has 0 aliphatic carbocycles. The highest BCUT2D eigenvalue weighted by Gasteiger charge is 2.06. The Hall–Kier alpha value is -0.170. The lowest BCUT2D eigenvalue weighted by molar-refractivity contribution is -0.136. The van der Waals surface area contributed by atoms with Gasteiger partial charge in [-0.2, -0.15) is 0 Å². The molecule has 0 radical (unpaired) electrons. The quantitative estimate of drug-likeness (QED) is 0.815. The number of carboxylic acids is 1. The molecule has 1 N–H and O–H groups in total. The van der Waals surface area contributed by atoms with E-state index in [9.17, 15) is 4.79 Å². The maximum atomic E-state index is 10.4. The predicted molar refractivity (Wildman–Crippen MR) is 77.0 cm³/mol. The zero-order chi connectivity index (χ0) is 12.0. The first-order chi connectivity index (χ1) is 7.49. The molecular weight excluding hydrogens is 280 g/mol. The summed E-state index contributed by atoms with van der Waals surface area (Å²) in [7, 11) is 1.43. The van der Waals surface area contributed by atoms with Crippen molar-refractivity contribution >= 4 is 45.3 Å². The van der Waals surface area contributed by atoms with E-state index in [2.05, 4.69) is 0 Å². The van der Waals surface area contributed by atoms with Gasteiger partial charge in [-0.05, 0) is 34.1 Å². The Balaban J connectivity index is 2.49. The van der Waals surface area contributed by atoms with Crippen molar-refractivity contribution in [2.75, 3.05) is 5.75 Å². The molecule has 88 valence electrons. The van der Waals surface area contributed by atoms with E-state index in [0.29, 0.717) is 11.5 Å². The summed E-state index contributed by atoms with van der Waals surface area (Å²) in [4.78, 5) is 10.4. The number of aliphatic carboxylic acids is 1. The fourth-order valence-corrected chi connectivity index (χ4v) is 5.98. The van der Waals surface area contributed by atoms with Crippen LogP contribution in [0.3, 0.4) is 0 Å². The van der Waals surface area contributed by atoms with Crippen molar-refractivity contribution in [1.82, 2.24) is 0 Å². The van der Waals surface area contributed by atoms with Gasteiger partial charge >= 0.3 is 5.97 Å². The minimum Gasteiger partial charge on any atom is -0.481 e. The molecule has 1 aromatic carbocycles. The molecule has 0 saturated heterocycles. The van der Waals surface area contributed by atoms with E-state index in [-0.39, 0.29) is 6.42 Å². The van der Waals surface area contributed by atoms with Gasteiger partial charge in [-0.15, -0.1) is 0 Å². The summed E-state index contributed by atoms with van der Waals surface area (Å²) < 4.78 is 0. The van der Waals surface area contributed by atoms with Crippen molar-refractivity contribution in [3.05, 3.63) is 35.9 Å². The van der Waals surface area contributed by atoms with Crippen molar-refractivity contribution < 1.29 is 9.90 Å². The zero-order valence-corrected chi connectivity index (χ0v) is 11.8. The molecule has 0 saturated carbocycles. The Bertz CT molecular complexity index is 439. The monoisotopic (exact) mass is 292 g/mol. The average molecular weight is 292 g/mol. The molecule has 0 heterocycles. The molecule has 16 heavy (non-hydrogen) atoms. The summed E-state index contributed by atoms with van der Waals surface area (Å²) in [6.45, 7) is 0. The van der Waals surface area contributed by atoms with Gasteiger partial charge in [0.2, 0.25) is 0 Å². The Morgan fingerprint density at radius 2 is 1.94 bits per heavy atom. The molecule has 0 fully saturated rings. The highest BCUT2D eigenvalue weighted by atomic mass is 33.5. The zero-order valence-electron chi connectivity index (χ0n) is 8.50. The van der Waals surface area contributed by atoms with Crippen LogP contribution >= 0.6 is 10.8 Å². The fraction of sp³-hybridized carbons (Fsp3) is 0.300. The van der Waals surface area contributed by atoms with Gasteiger partial charge in [-0.25, -0.2) is 0 Å². The Kier molecular flexibility index (Phi) is 5.68. The molecule has 2 nitrogen and oxygen atoms in total. The lowest BCUT2D eigenvalue weighted by atomic mass is 10.2. The minimum absolute atomic E-state index is 0.126. The molecule has 0 spiro atoms. The molecule has 0 aromatic heterocycles. The van der Waals surface area contributed by atoms with E-state index < -0.39 is 12.1 Å². The van der Waals surface area contributed by atoms with Crippen LogP contribution in [-0.2, 0) is 39.1 Å². The maximum absolute atomic E-state index is 10.4. The summed E-state index contributed by atoms with van der Waals surface area (Å²) in [5.41, 5.74) is 1.13. The third-order valence-electron chi connectivity index (χ3n) is 1.77. The lowest BCUT2D eigenvalue weighted by Gasteiger charge is -2.08. The van der Waals surface area contributed by atoms with Crippen LogP contribution in [0.15, 0.2) is 30.3 Å². The molecular formula is C10H12O2S4. The van der Waals surface area contributed by atoms with Crippen LogP contribution in [0, 0.1) is 0 Å². The van der Waals surface area contributed by atoms with Crippen molar-refractivity contribution in [1.29, 1.82) is 0 Å². The third kappa shape index (κ3) is 5.79. The predicted octanol–water partition coefficient (Wildman–Crippen LogP) is 2.39. The summed E-state index contributed by atoms with van der Waals surface area (Å²) in [6.07, 6.45) is -1.48. The van der Waals surface area contributed by atoms with Gasteiger partial charge in [-0.1, -0.05) is 41.1 Å². The van der Waals surface area contributed by atoms with Crippen LogP contribution in [0.2, 0.25) is 0 Å². The van der Waals surface area contributed by atoms with Crippen LogP contribution in [0.4, 0.5) is 0 Å². The van der Waals surface area contributed by atoms with Crippen molar-refractivity contribution in [2.45, 2.75) is 12.2 Å². The third-order valence-corrected chi connectivity index (χ3v) is 7.55. The van der Waals surface area contributed by atoms with Gasteiger partial charge < -0.3 is 5.11 Å². The minimum atomic E-state index is -1.61. The Labute approximate surface area is 109 Å². The number of hydrogen-bond donors (Lipinski definition) is 1. The second kappa shape index (κ2) is 6.54. The van der Waals surface area contributed by atoms with E-state index in [4.69, 9.17) is 27.5 Å². The molecule has 0 aliphatic heterocycles. The number of carboxylic acid groups (broad SMARTS) is 1. The van der Waals surface area contributed by atoms with Gasteiger partial charge in [-0.3, -0.25) is 4.79 Å². The van der Waals surface area contributed by atoms with E-state index in [1.54, 1.807) is 0 Å². The first kappa shape index (κ1) is 13.9. The SMILES string of the molecule is O=C(O)CCSS(=S)(=S)Cc1ccccc1. The summed E-state index contributed by atoms with van der Waals surface area (Å²) in [6, 6.07) is 9.86. The van der Waals surface area contributed by atoms with Crippen molar-refractivity contribution in [2.24, 2.45) is 0 Å². The van der Waals surface area contributed by atoms with Gasteiger partial charge in [0.05, 0.1) is 6.42 Å². The standard InChI is InChI=1S/C10H12O2S4/c11-10(12)6-7-15-16(13,14)8-9-4-2-1-3-5-9/h1-5H,6-8H2,(H,11,12). The van der Waals surface area contributed by atoms with E-state index in [1.807, 2.05) is 30.3 Å². The molecule has 0 aliphatic rings. The average Bonchev–Trinajstić information content (AvgIpc) is 2.17. The molecule has 0 unspecified atom stereocenters. The first-order valence-corrected chi connectivity index (χ1v) is 9.78. The second-order valence-corrected chi connectivity index (χ2v) is 12.9.